The minimum Gasteiger partial charge on any atom is -0.406 e. The summed E-state index contributed by atoms with van der Waals surface area (Å²) in [6.45, 7) is 6.27. The van der Waals surface area contributed by atoms with Crippen molar-refractivity contribution in [2.75, 3.05) is 10.6 Å². The number of hydrogen-bond acceptors (Lipinski definition) is 4. The van der Waals surface area contributed by atoms with Gasteiger partial charge in [0.05, 0.1) is 10.6 Å². The average Bonchev–Trinajstić information content (AvgIpc) is 3.29. The van der Waals surface area contributed by atoms with Crippen LogP contribution in [0.1, 0.15) is 53.6 Å². The van der Waals surface area contributed by atoms with Gasteiger partial charge in [-0.05, 0) is 60.5 Å². The second kappa shape index (κ2) is 13.2. The van der Waals surface area contributed by atoms with E-state index in [2.05, 4.69) is 20.7 Å². The van der Waals surface area contributed by atoms with Crippen LogP contribution < -0.4 is 20.7 Å². The molecule has 4 aromatic rings. The number of aromatic nitrogens is 1. The summed E-state index contributed by atoms with van der Waals surface area (Å²) in [5, 5.41) is 9.18. The molecule has 1 aromatic heterocycles. The highest BCUT2D eigenvalue weighted by Gasteiger charge is 2.31. The minimum atomic E-state index is -4.86. The molecule has 3 amide bonds. The number of alkyl halides is 3. The Labute approximate surface area is 251 Å². The average molecular weight is 615 g/mol. The van der Waals surface area contributed by atoms with Gasteiger partial charge in [-0.1, -0.05) is 44.5 Å². The van der Waals surface area contributed by atoms with Crippen molar-refractivity contribution in [1.29, 1.82) is 0 Å². The SMILES string of the molecule is CCCn1c(C(=O)Nc2cccc(OC(F)(F)F)c2)cc2cc(NC(=O)c3cc(CNC(=O)C(C)C)ccc3Cl)ccc21. The Bertz CT molecular complexity index is 1670. The molecule has 0 atom stereocenters. The molecule has 226 valence electrons. The molecule has 0 saturated carbocycles. The fraction of sp³-hybridized carbons (Fsp3) is 0.258. The molecule has 8 nitrogen and oxygen atoms in total. The highest BCUT2D eigenvalue weighted by molar-refractivity contribution is 6.34. The summed E-state index contributed by atoms with van der Waals surface area (Å²) in [5.74, 6) is -1.71. The highest BCUT2D eigenvalue weighted by Crippen LogP contribution is 2.28. The van der Waals surface area contributed by atoms with Crippen molar-refractivity contribution in [2.24, 2.45) is 5.92 Å². The van der Waals surface area contributed by atoms with Crippen LogP contribution in [-0.4, -0.2) is 28.7 Å². The van der Waals surface area contributed by atoms with E-state index in [1.165, 1.54) is 12.1 Å². The largest absolute Gasteiger partial charge is 0.573 e. The first kappa shape index (κ1) is 31.4. The summed E-state index contributed by atoms with van der Waals surface area (Å²) < 4.78 is 43.6. The quantitative estimate of drug-likeness (QED) is 0.173. The van der Waals surface area contributed by atoms with Gasteiger partial charge in [-0.2, -0.15) is 0 Å². The van der Waals surface area contributed by atoms with Gasteiger partial charge in [0, 0.05) is 47.4 Å². The number of carbonyl (C=O) groups is 3. The zero-order valence-electron chi connectivity index (χ0n) is 23.6. The second-order valence-corrected chi connectivity index (χ2v) is 10.5. The van der Waals surface area contributed by atoms with Gasteiger partial charge < -0.3 is 25.3 Å². The van der Waals surface area contributed by atoms with Crippen LogP contribution in [-0.2, 0) is 17.9 Å². The van der Waals surface area contributed by atoms with Crippen LogP contribution >= 0.6 is 11.6 Å². The highest BCUT2D eigenvalue weighted by atomic mass is 35.5. The Morgan fingerprint density at radius 2 is 1.65 bits per heavy atom. The minimum absolute atomic E-state index is 0.110. The molecule has 43 heavy (non-hydrogen) atoms. The van der Waals surface area contributed by atoms with Gasteiger partial charge in [0.2, 0.25) is 5.91 Å². The molecule has 1 heterocycles. The van der Waals surface area contributed by atoms with E-state index in [0.29, 0.717) is 35.3 Å². The van der Waals surface area contributed by atoms with E-state index in [9.17, 15) is 27.6 Å². The maximum Gasteiger partial charge on any atom is 0.573 e. The predicted octanol–water partition coefficient (Wildman–Crippen LogP) is 7.38. The number of nitrogens with one attached hydrogen (secondary N) is 3. The normalized spacial score (nSPS) is 11.4. The third-order valence-corrected chi connectivity index (χ3v) is 6.76. The lowest BCUT2D eigenvalue weighted by Gasteiger charge is -2.12. The number of aryl methyl sites for hydroxylation is 1. The first-order valence-corrected chi connectivity index (χ1v) is 13.9. The Kier molecular flexibility index (Phi) is 9.65. The summed E-state index contributed by atoms with van der Waals surface area (Å²) in [6.07, 6.45) is -4.15. The molecule has 3 N–H and O–H groups in total. The number of nitrogens with zero attached hydrogens (tertiary/aromatic N) is 1. The summed E-state index contributed by atoms with van der Waals surface area (Å²) in [4.78, 5) is 38.3. The third kappa shape index (κ3) is 8.07. The van der Waals surface area contributed by atoms with Gasteiger partial charge in [-0.3, -0.25) is 14.4 Å². The molecule has 0 aliphatic heterocycles. The van der Waals surface area contributed by atoms with Crippen molar-refractivity contribution in [2.45, 2.75) is 46.6 Å². The van der Waals surface area contributed by atoms with E-state index in [1.54, 1.807) is 60.9 Å². The molecule has 0 spiro atoms. The Balaban J connectivity index is 1.55. The molecular formula is C31H30ClF3N4O4. The van der Waals surface area contributed by atoms with Gasteiger partial charge >= 0.3 is 6.36 Å². The fourth-order valence-corrected chi connectivity index (χ4v) is 4.62. The molecule has 0 unspecified atom stereocenters. The Morgan fingerprint density at radius 1 is 0.930 bits per heavy atom. The molecule has 0 aliphatic carbocycles. The molecule has 0 fully saturated rings. The molecular weight excluding hydrogens is 585 g/mol. The van der Waals surface area contributed by atoms with Crippen molar-refractivity contribution in [3.05, 3.63) is 88.6 Å². The lowest BCUT2D eigenvalue weighted by atomic mass is 10.1. The molecule has 0 radical (unpaired) electrons. The number of hydrogen-bond donors (Lipinski definition) is 3. The van der Waals surface area contributed by atoms with Crippen molar-refractivity contribution >= 4 is 51.6 Å². The number of amides is 3. The second-order valence-electron chi connectivity index (χ2n) is 10.1. The van der Waals surface area contributed by atoms with Crippen LogP contribution in [0.15, 0.2) is 66.7 Å². The molecule has 0 saturated heterocycles. The number of halogens is 4. The first-order chi connectivity index (χ1) is 20.3. The van der Waals surface area contributed by atoms with E-state index < -0.39 is 23.9 Å². The number of fused-ring (bicyclic) bond motifs is 1. The molecule has 0 aliphatic rings. The van der Waals surface area contributed by atoms with Crippen LogP contribution in [0.5, 0.6) is 5.75 Å². The van der Waals surface area contributed by atoms with E-state index in [1.807, 2.05) is 6.92 Å². The van der Waals surface area contributed by atoms with Crippen molar-refractivity contribution in [3.63, 3.8) is 0 Å². The maximum absolute atomic E-state index is 13.2. The van der Waals surface area contributed by atoms with E-state index in [-0.39, 0.29) is 34.6 Å². The number of benzene rings is 3. The van der Waals surface area contributed by atoms with E-state index in [4.69, 9.17) is 11.6 Å². The summed E-state index contributed by atoms with van der Waals surface area (Å²) >= 11 is 6.31. The van der Waals surface area contributed by atoms with E-state index >= 15 is 0 Å². The van der Waals surface area contributed by atoms with Crippen LogP contribution in [0.25, 0.3) is 10.9 Å². The van der Waals surface area contributed by atoms with Crippen LogP contribution in [0.3, 0.4) is 0 Å². The van der Waals surface area contributed by atoms with Gasteiger partial charge in [0.15, 0.2) is 0 Å². The van der Waals surface area contributed by atoms with Crippen LogP contribution in [0.2, 0.25) is 5.02 Å². The fourth-order valence-electron chi connectivity index (χ4n) is 4.42. The number of ether oxygens (including phenoxy) is 1. The summed E-state index contributed by atoms with van der Waals surface area (Å²) in [5.41, 5.74) is 2.57. The molecule has 3 aromatic carbocycles. The Morgan fingerprint density at radius 3 is 2.35 bits per heavy atom. The lowest BCUT2D eigenvalue weighted by molar-refractivity contribution is -0.274. The van der Waals surface area contributed by atoms with Gasteiger partial charge in [-0.15, -0.1) is 13.2 Å². The maximum atomic E-state index is 13.2. The summed E-state index contributed by atoms with van der Waals surface area (Å²) in [6, 6.07) is 16.8. The first-order valence-electron chi connectivity index (χ1n) is 13.5. The number of anilines is 2. The van der Waals surface area contributed by atoms with Crippen molar-refractivity contribution < 1.29 is 32.3 Å². The van der Waals surface area contributed by atoms with Crippen LogP contribution in [0.4, 0.5) is 24.5 Å². The zero-order chi connectivity index (χ0) is 31.3. The van der Waals surface area contributed by atoms with E-state index in [0.717, 1.165) is 17.6 Å². The summed E-state index contributed by atoms with van der Waals surface area (Å²) in [7, 11) is 0. The van der Waals surface area contributed by atoms with Crippen LogP contribution in [0, 0.1) is 5.92 Å². The smallest absolute Gasteiger partial charge is 0.406 e. The number of carbonyl (C=O) groups excluding carboxylic acids is 3. The van der Waals surface area contributed by atoms with Crippen molar-refractivity contribution in [3.8, 4) is 5.75 Å². The van der Waals surface area contributed by atoms with Gasteiger partial charge in [-0.25, -0.2) is 0 Å². The standard InChI is InChI=1S/C31H30ClF3N4O4/c1-4-12-39-26-11-9-22(37-29(41)24-13-19(8-10-25(24)32)17-36-28(40)18(2)3)14-20(26)15-27(39)30(42)38-21-6-5-7-23(16-21)43-31(33,34)35/h5-11,13-16,18H,4,12,17H2,1-3H3,(H,36,40)(H,37,41)(H,38,42). The monoisotopic (exact) mass is 614 g/mol. The third-order valence-electron chi connectivity index (χ3n) is 6.43. The van der Waals surface area contributed by atoms with Gasteiger partial charge in [0.1, 0.15) is 11.4 Å². The molecule has 4 rings (SSSR count). The number of rotatable bonds is 10. The zero-order valence-corrected chi connectivity index (χ0v) is 24.4. The van der Waals surface area contributed by atoms with Crippen molar-refractivity contribution in [1.82, 2.24) is 9.88 Å². The lowest BCUT2D eigenvalue weighted by Crippen LogP contribution is -2.27. The molecule has 12 heteroatoms. The predicted molar refractivity (Wildman–Crippen MR) is 159 cm³/mol. The molecule has 0 bridgehead atoms. The van der Waals surface area contributed by atoms with Gasteiger partial charge in [0.25, 0.3) is 11.8 Å². The Hall–Kier alpha value is -4.51. The topological polar surface area (TPSA) is 101 Å².